The molecule has 0 aliphatic rings. The van der Waals surface area contributed by atoms with Gasteiger partial charge in [-0.05, 0) is 12.1 Å². The van der Waals surface area contributed by atoms with Gasteiger partial charge in [0.15, 0.2) is 0 Å². The molecule has 0 bridgehead atoms. The van der Waals surface area contributed by atoms with Gasteiger partial charge < -0.3 is 15.0 Å². The highest BCUT2D eigenvalue weighted by atomic mass is 16.3. The first kappa shape index (κ1) is 12.9. The number of amides is 1. The van der Waals surface area contributed by atoms with Crippen molar-refractivity contribution < 1.29 is 9.90 Å². The summed E-state index contributed by atoms with van der Waals surface area (Å²) in [7, 11) is 1.61. The lowest BCUT2D eigenvalue weighted by molar-refractivity contribution is 0.0778. The number of nitrogens with zero attached hydrogens (tertiary/aromatic N) is 1. The molecule has 98 valence electrons. The summed E-state index contributed by atoms with van der Waals surface area (Å²) >= 11 is 0. The van der Waals surface area contributed by atoms with Crippen molar-refractivity contribution in [2.24, 2.45) is 0 Å². The van der Waals surface area contributed by atoms with Gasteiger partial charge in [0.05, 0.1) is 0 Å². The highest BCUT2D eigenvalue weighted by Crippen LogP contribution is 2.17. The first-order valence-electron chi connectivity index (χ1n) is 5.79. The first-order valence-corrected chi connectivity index (χ1v) is 5.79. The summed E-state index contributed by atoms with van der Waals surface area (Å²) in [6.45, 7) is 0.266. The average molecular weight is 258 g/mol. The van der Waals surface area contributed by atoms with Gasteiger partial charge in [-0.3, -0.25) is 9.59 Å². The average Bonchev–Trinajstić information content (AvgIpc) is 2.40. The zero-order valence-electron chi connectivity index (χ0n) is 10.5. The second kappa shape index (κ2) is 5.39. The van der Waals surface area contributed by atoms with Gasteiger partial charge in [-0.1, -0.05) is 24.3 Å². The normalized spacial score (nSPS) is 10.2. The molecule has 1 heterocycles. The van der Waals surface area contributed by atoms with Crippen LogP contribution in [0.3, 0.4) is 0 Å². The van der Waals surface area contributed by atoms with E-state index in [-0.39, 0.29) is 29.5 Å². The van der Waals surface area contributed by atoms with Crippen LogP contribution in [0.1, 0.15) is 16.1 Å². The van der Waals surface area contributed by atoms with E-state index in [4.69, 9.17) is 0 Å². The maximum atomic E-state index is 12.1. The van der Waals surface area contributed by atoms with E-state index in [9.17, 15) is 14.7 Å². The van der Waals surface area contributed by atoms with Gasteiger partial charge in [0.1, 0.15) is 11.4 Å². The van der Waals surface area contributed by atoms with Crippen LogP contribution in [0.15, 0.2) is 47.3 Å². The third-order valence-corrected chi connectivity index (χ3v) is 2.74. The molecule has 2 rings (SSSR count). The number of phenolic OH excluding ortho intramolecular Hbond substituents is 1. The zero-order valence-corrected chi connectivity index (χ0v) is 10.5. The van der Waals surface area contributed by atoms with Crippen LogP contribution in [0, 0.1) is 0 Å². The summed E-state index contributed by atoms with van der Waals surface area (Å²) in [4.78, 5) is 27.2. The van der Waals surface area contributed by atoms with Crippen LogP contribution in [0.25, 0.3) is 0 Å². The fraction of sp³-hybridized carbons (Fsp3) is 0.143. The molecule has 0 unspecified atom stereocenters. The maximum absolute atomic E-state index is 12.1. The Morgan fingerprint density at radius 2 is 1.95 bits per heavy atom. The van der Waals surface area contributed by atoms with Crippen molar-refractivity contribution in [3.8, 4) is 5.75 Å². The minimum atomic E-state index is -0.318. The van der Waals surface area contributed by atoms with E-state index in [0.29, 0.717) is 5.56 Å². The van der Waals surface area contributed by atoms with Crippen molar-refractivity contribution in [3.63, 3.8) is 0 Å². The number of carbonyl (C=O) groups is 1. The number of pyridine rings is 1. The predicted octanol–water partition coefficient (Wildman–Crippen LogP) is 1.35. The zero-order chi connectivity index (χ0) is 13.8. The lowest BCUT2D eigenvalue weighted by Gasteiger charge is -2.17. The van der Waals surface area contributed by atoms with Crippen molar-refractivity contribution >= 4 is 5.91 Å². The van der Waals surface area contributed by atoms with E-state index in [1.807, 2.05) is 0 Å². The maximum Gasteiger partial charge on any atom is 0.270 e. The van der Waals surface area contributed by atoms with E-state index in [2.05, 4.69) is 4.98 Å². The number of hydrogen-bond donors (Lipinski definition) is 2. The van der Waals surface area contributed by atoms with E-state index in [0.717, 1.165) is 0 Å². The molecule has 19 heavy (non-hydrogen) atoms. The summed E-state index contributed by atoms with van der Waals surface area (Å²) < 4.78 is 0. The molecular formula is C14H14N2O3. The summed E-state index contributed by atoms with van der Waals surface area (Å²) in [6, 6.07) is 11.2. The second-order valence-electron chi connectivity index (χ2n) is 4.22. The lowest BCUT2D eigenvalue weighted by atomic mass is 10.2. The van der Waals surface area contributed by atoms with E-state index in [1.54, 1.807) is 37.4 Å². The summed E-state index contributed by atoms with van der Waals surface area (Å²) in [5.41, 5.74) is 0.559. The number of rotatable bonds is 3. The van der Waals surface area contributed by atoms with Crippen LogP contribution in [-0.2, 0) is 6.54 Å². The van der Waals surface area contributed by atoms with Crippen LogP contribution in [0.4, 0.5) is 0 Å². The molecule has 0 saturated carbocycles. The molecule has 1 amide bonds. The minimum Gasteiger partial charge on any atom is -0.508 e. The van der Waals surface area contributed by atoms with Gasteiger partial charge in [-0.2, -0.15) is 0 Å². The number of phenols is 1. The Balaban J connectivity index is 2.16. The Hall–Kier alpha value is -2.56. The number of aromatic nitrogens is 1. The minimum absolute atomic E-state index is 0.142. The van der Waals surface area contributed by atoms with Crippen molar-refractivity contribution in [2.75, 3.05) is 7.05 Å². The van der Waals surface area contributed by atoms with Crippen LogP contribution < -0.4 is 5.56 Å². The third kappa shape index (κ3) is 3.01. The van der Waals surface area contributed by atoms with E-state index < -0.39 is 0 Å². The Morgan fingerprint density at radius 1 is 1.21 bits per heavy atom. The molecule has 0 radical (unpaired) electrons. The molecule has 0 atom stereocenters. The van der Waals surface area contributed by atoms with Crippen LogP contribution >= 0.6 is 0 Å². The number of benzene rings is 1. The Morgan fingerprint density at radius 3 is 2.63 bits per heavy atom. The number of hydrogen-bond acceptors (Lipinski definition) is 3. The summed E-state index contributed by atoms with van der Waals surface area (Å²) in [5.74, 6) is -0.162. The van der Waals surface area contributed by atoms with Crippen LogP contribution in [-0.4, -0.2) is 27.9 Å². The van der Waals surface area contributed by atoms with Crippen molar-refractivity contribution in [1.29, 1.82) is 0 Å². The molecule has 1 aromatic heterocycles. The molecule has 0 spiro atoms. The number of H-pyrrole nitrogens is 1. The number of aromatic amines is 1. The number of carbonyl (C=O) groups excluding carboxylic acids is 1. The molecule has 2 aromatic rings. The Kier molecular flexibility index (Phi) is 3.66. The molecule has 5 nitrogen and oxygen atoms in total. The monoisotopic (exact) mass is 258 g/mol. The lowest BCUT2D eigenvalue weighted by Crippen LogP contribution is -2.28. The largest absolute Gasteiger partial charge is 0.508 e. The third-order valence-electron chi connectivity index (χ3n) is 2.74. The SMILES string of the molecule is CN(Cc1ccccc1O)C(=O)c1cccc(=O)[nH]1. The predicted molar refractivity (Wildman–Crippen MR) is 71.0 cm³/mol. The topological polar surface area (TPSA) is 73.4 Å². The van der Waals surface area contributed by atoms with Crippen molar-refractivity contribution in [2.45, 2.75) is 6.54 Å². The standard InChI is InChI=1S/C14H14N2O3/c1-16(9-10-5-2-3-7-12(10)17)14(19)11-6-4-8-13(18)15-11/h2-8,17H,9H2,1H3,(H,15,18). The molecular weight excluding hydrogens is 244 g/mol. The van der Waals surface area contributed by atoms with Crippen molar-refractivity contribution in [3.05, 3.63) is 64.1 Å². The molecule has 1 aromatic carbocycles. The van der Waals surface area contributed by atoms with Gasteiger partial charge in [-0.25, -0.2) is 0 Å². The fourth-order valence-electron chi connectivity index (χ4n) is 1.75. The van der Waals surface area contributed by atoms with Crippen LogP contribution in [0.5, 0.6) is 5.75 Å². The Labute approximate surface area is 110 Å². The summed E-state index contributed by atoms with van der Waals surface area (Å²) in [5, 5.41) is 9.66. The van der Waals surface area contributed by atoms with Gasteiger partial charge in [0, 0.05) is 25.2 Å². The van der Waals surface area contributed by atoms with Gasteiger partial charge in [-0.15, -0.1) is 0 Å². The molecule has 0 saturated heterocycles. The van der Waals surface area contributed by atoms with E-state index >= 15 is 0 Å². The highest BCUT2D eigenvalue weighted by molar-refractivity contribution is 5.92. The molecule has 0 aliphatic heterocycles. The Bertz CT molecular complexity index is 649. The molecule has 2 N–H and O–H groups in total. The number of para-hydroxylation sites is 1. The van der Waals surface area contributed by atoms with Crippen LogP contribution in [0.2, 0.25) is 0 Å². The van der Waals surface area contributed by atoms with Gasteiger partial charge >= 0.3 is 0 Å². The fourth-order valence-corrected chi connectivity index (χ4v) is 1.75. The number of aromatic hydroxyl groups is 1. The van der Waals surface area contributed by atoms with E-state index in [1.165, 1.54) is 17.0 Å². The summed E-state index contributed by atoms with van der Waals surface area (Å²) in [6.07, 6.45) is 0. The van der Waals surface area contributed by atoms with Crippen molar-refractivity contribution in [1.82, 2.24) is 9.88 Å². The highest BCUT2D eigenvalue weighted by Gasteiger charge is 2.13. The molecule has 5 heteroatoms. The van der Waals surface area contributed by atoms with Gasteiger partial charge in [0.2, 0.25) is 5.56 Å². The molecule has 0 aliphatic carbocycles. The first-order chi connectivity index (χ1) is 9.08. The molecule has 0 fully saturated rings. The number of nitrogens with one attached hydrogen (secondary N) is 1. The van der Waals surface area contributed by atoms with Gasteiger partial charge in [0.25, 0.3) is 5.91 Å². The second-order valence-corrected chi connectivity index (χ2v) is 4.22. The smallest absolute Gasteiger partial charge is 0.270 e. The quantitative estimate of drug-likeness (QED) is 0.872.